The number of rotatable bonds is 7. The number of benzene rings is 1. The van der Waals surface area contributed by atoms with E-state index in [-0.39, 0.29) is 12.0 Å². The predicted octanol–water partition coefficient (Wildman–Crippen LogP) is 3.06. The van der Waals surface area contributed by atoms with Crippen molar-refractivity contribution >= 4 is 11.9 Å². The summed E-state index contributed by atoms with van der Waals surface area (Å²) in [6, 6.07) is 4.75. The zero-order chi connectivity index (χ0) is 18.2. The second kappa shape index (κ2) is 8.91. The van der Waals surface area contributed by atoms with Crippen molar-refractivity contribution in [2.24, 2.45) is 0 Å². The molecule has 0 spiro atoms. The maximum atomic E-state index is 12.5. The van der Waals surface area contributed by atoms with Gasteiger partial charge in [-0.1, -0.05) is 0 Å². The van der Waals surface area contributed by atoms with E-state index in [1.807, 2.05) is 6.07 Å². The zero-order valence-electron chi connectivity index (χ0n) is 13.0. The molecule has 0 heterocycles. The summed E-state index contributed by atoms with van der Waals surface area (Å²) in [5, 5.41) is 10.9. The van der Waals surface area contributed by atoms with Crippen molar-refractivity contribution in [3.05, 3.63) is 35.4 Å². The molecule has 8 heteroatoms. The van der Waals surface area contributed by atoms with Gasteiger partial charge < -0.3 is 10.1 Å². The normalized spacial score (nSPS) is 12.1. The Kier molecular flexibility index (Phi) is 7.24. The maximum absolute atomic E-state index is 12.5. The van der Waals surface area contributed by atoms with E-state index < -0.39 is 29.7 Å². The first-order valence-electron chi connectivity index (χ1n) is 7.22. The molecule has 1 aromatic carbocycles. The molecule has 0 bridgehead atoms. The van der Waals surface area contributed by atoms with Gasteiger partial charge in [0.2, 0.25) is 0 Å². The lowest BCUT2D eigenvalue weighted by molar-refractivity contribution is -0.143. The molecule has 0 aliphatic carbocycles. The van der Waals surface area contributed by atoms with Crippen molar-refractivity contribution in [3.63, 3.8) is 0 Å². The molecule has 1 N–H and O–H groups in total. The fourth-order valence-electron chi connectivity index (χ4n) is 2.00. The highest BCUT2D eigenvalue weighted by atomic mass is 19.4. The van der Waals surface area contributed by atoms with Gasteiger partial charge in [-0.25, -0.2) is 4.79 Å². The van der Waals surface area contributed by atoms with E-state index in [4.69, 9.17) is 5.26 Å². The molecule has 1 rings (SSSR count). The number of nitrogens with zero attached hydrogens (tertiary/aromatic N) is 1. The number of methoxy groups -OCH3 is 1. The lowest BCUT2D eigenvalue weighted by Gasteiger charge is -2.16. The number of halogens is 3. The van der Waals surface area contributed by atoms with Gasteiger partial charge in [-0.3, -0.25) is 4.79 Å². The van der Waals surface area contributed by atoms with Crippen LogP contribution in [0.5, 0.6) is 0 Å². The SMILES string of the molecule is COC(=O)[C@H](CCCCC#N)NC(=O)c1ccc(C(F)(F)F)cc1. The molecule has 24 heavy (non-hydrogen) atoms. The number of nitrogens with one attached hydrogen (secondary N) is 1. The average molecular weight is 342 g/mol. The van der Waals surface area contributed by atoms with Crippen molar-refractivity contribution in [3.8, 4) is 6.07 Å². The van der Waals surface area contributed by atoms with Gasteiger partial charge in [0, 0.05) is 12.0 Å². The number of hydrogen-bond acceptors (Lipinski definition) is 4. The third kappa shape index (κ3) is 5.91. The van der Waals surface area contributed by atoms with Gasteiger partial charge in [-0.2, -0.15) is 18.4 Å². The van der Waals surface area contributed by atoms with E-state index in [0.717, 1.165) is 24.3 Å². The van der Waals surface area contributed by atoms with Crippen LogP contribution in [0.3, 0.4) is 0 Å². The van der Waals surface area contributed by atoms with Gasteiger partial charge in [0.15, 0.2) is 0 Å². The lowest BCUT2D eigenvalue weighted by atomic mass is 10.1. The Morgan fingerprint density at radius 3 is 2.38 bits per heavy atom. The van der Waals surface area contributed by atoms with Crippen LogP contribution in [0.1, 0.15) is 41.6 Å². The fraction of sp³-hybridized carbons (Fsp3) is 0.438. The van der Waals surface area contributed by atoms with Gasteiger partial charge in [0.1, 0.15) is 6.04 Å². The molecule has 0 radical (unpaired) electrons. The molecule has 5 nitrogen and oxygen atoms in total. The topological polar surface area (TPSA) is 79.2 Å². The Morgan fingerprint density at radius 1 is 1.25 bits per heavy atom. The number of carbonyl (C=O) groups is 2. The van der Waals surface area contributed by atoms with E-state index in [1.54, 1.807) is 0 Å². The third-order valence-electron chi connectivity index (χ3n) is 3.30. The van der Waals surface area contributed by atoms with Gasteiger partial charge in [0.05, 0.1) is 18.7 Å². The van der Waals surface area contributed by atoms with Gasteiger partial charge in [-0.05, 0) is 43.5 Å². The second-order valence-electron chi connectivity index (χ2n) is 5.03. The zero-order valence-corrected chi connectivity index (χ0v) is 13.0. The second-order valence-corrected chi connectivity index (χ2v) is 5.03. The van der Waals surface area contributed by atoms with Crippen LogP contribution in [0.15, 0.2) is 24.3 Å². The average Bonchev–Trinajstić information content (AvgIpc) is 2.56. The quantitative estimate of drug-likeness (QED) is 0.610. The van der Waals surface area contributed by atoms with Crippen molar-refractivity contribution in [2.75, 3.05) is 7.11 Å². The monoisotopic (exact) mass is 342 g/mol. The largest absolute Gasteiger partial charge is 0.467 e. The van der Waals surface area contributed by atoms with Crippen LogP contribution in [0.4, 0.5) is 13.2 Å². The number of carbonyl (C=O) groups excluding carboxylic acids is 2. The Morgan fingerprint density at radius 2 is 1.88 bits per heavy atom. The van der Waals surface area contributed by atoms with E-state index in [1.165, 1.54) is 7.11 Å². The minimum atomic E-state index is -4.48. The molecule has 0 aliphatic heterocycles. The summed E-state index contributed by atoms with van der Waals surface area (Å²) in [6.45, 7) is 0. The highest BCUT2D eigenvalue weighted by Crippen LogP contribution is 2.29. The third-order valence-corrected chi connectivity index (χ3v) is 3.30. The standard InChI is InChI=1S/C16H17F3N2O3/c1-24-15(23)13(5-3-2-4-10-20)21-14(22)11-6-8-12(9-7-11)16(17,18)19/h6-9,13H,2-5H2,1H3,(H,21,22)/t13-/m0/s1. The van der Waals surface area contributed by atoms with Crippen LogP contribution in [0.2, 0.25) is 0 Å². The van der Waals surface area contributed by atoms with Crippen LogP contribution >= 0.6 is 0 Å². The lowest BCUT2D eigenvalue weighted by Crippen LogP contribution is -2.41. The van der Waals surface area contributed by atoms with Crippen LogP contribution < -0.4 is 5.32 Å². The predicted molar refractivity (Wildman–Crippen MR) is 78.8 cm³/mol. The first kappa shape index (κ1) is 19.5. The molecule has 1 aromatic rings. The van der Waals surface area contributed by atoms with Crippen molar-refractivity contribution in [1.29, 1.82) is 5.26 Å². The number of alkyl halides is 3. The summed E-state index contributed by atoms with van der Waals surface area (Å²) >= 11 is 0. The first-order chi connectivity index (χ1) is 11.3. The summed E-state index contributed by atoms with van der Waals surface area (Å²) in [5.41, 5.74) is -0.853. The van der Waals surface area contributed by atoms with E-state index in [9.17, 15) is 22.8 Å². The van der Waals surface area contributed by atoms with Crippen LogP contribution in [-0.2, 0) is 15.7 Å². The number of amides is 1. The van der Waals surface area contributed by atoms with Crippen LogP contribution in [-0.4, -0.2) is 25.0 Å². The molecule has 0 saturated heterocycles. The molecule has 0 unspecified atom stereocenters. The van der Waals surface area contributed by atoms with E-state index >= 15 is 0 Å². The molecule has 1 atom stereocenters. The van der Waals surface area contributed by atoms with Crippen LogP contribution in [0, 0.1) is 11.3 Å². The summed E-state index contributed by atoms with van der Waals surface area (Å²) < 4.78 is 42.1. The Balaban J connectivity index is 2.73. The molecular formula is C16H17F3N2O3. The summed E-state index contributed by atoms with van der Waals surface area (Å²) in [5.74, 6) is -1.31. The van der Waals surface area contributed by atoms with E-state index in [0.29, 0.717) is 19.3 Å². The number of nitriles is 1. The number of ether oxygens (including phenoxy) is 1. The first-order valence-corrected chi connectivity index (χ1v) is 7.22. The summed E-state index contributed by atoms with van der Waals surface area (Å²) in [6.07, 6.45) is -2.77. The highest BCUT2D eigenvalue weighted by Gasteiger charge is 2.30. The summed E-state index contributed by atoms with van der Waals surface area (Å²) in [7, 11) is 1.18. The van der Waals surface area contributed by atoms with Crippen molar-refractivity contribution in [1.82, 2.24) is 5.32 Å². The minimum Gasteiger partial charge on any atom is -0.467 e. The minimum absolute atomic E-state index is 0.00827. The number of unbranched alkanes of at least 4 members (excludes halogenated alkanes) is 2. The smallest absolute Gasteiger partial charge is 0.416 e. The molecule has 0 aromatic heterocycles. The molecule has 130 valence electrons. The molecular weight excluding hydrogens is 325 g/mol. The Labute approximate surface area is 137 Å². The molecule has 0 saturated carbocycles. The summed E-state index contributed by atoms with van der Waals surface area (Å²) in [4.78, 5) is 23.8. The number of hydrogen-bond donors (Lipinski definition) is 1. The van der Waals surface area contributed by atoms with Gasteiger partial charge >= 0.3 is 12.1 Å². The number of esters is 1. The maximum Gasteiger partial charge on any atom is 0.416 e. The van der Waals surface area contributed by atoms with E-state index in [2.05, 4.69) is 10.1 Å². The molecule has 1 amide bonds. The Hall–Kier alpha value is -2.56. The van der Waals surface area contributed by atoms with Gasteiger partial charge in [0.25, 0.3) is 5.91 Å². The van der Waals surface area contributed by atoms with Crippen molar-refractivity contribution < 1.29 is 27.5 Å². The molecule has 0 fully saturated rings. The highest BCUT2D eigenvalue weighted by molar-refractivity contribution is 5.96. The van der Waals surface area contributed by atoms with Crippen LogP contribution in [0.25, 0.3) is 0 Å². The molecule has 0 aliphatic rings. The fourth-order valence-corrected chi connectivity index (χ4v) is 2.00. The van der Waals surface area contributed by atoms with Gasteiger partial charge in [-0.15, -0.1) is 0 Å². The Bertz CT molecular complexity index is 606. The van der Waals surface area contributed by atoms with Crippen molar-refractivity contribution in [2.45, 2.75) is 37.9 Å².